The Balaban J connectivity index is 2.03. The fourth-order valence-corrected chi connectivity index (χ4v) is 2.61. The molecule has 1 fully saturated rings. The number of rotatable bonds is 5. The highest BCUT2D eigenvalue weighted by Gasteiger charge is 2.28. The molecule has 4 nitrogen and oxygen atoms in total. The van der Waals surface area contributed by atoms with Gasteiger partial charge in [-0.2, -0.15) is 0 Å². The third-order valence-corrected chi connectivity index (χ3v) is 3.61. The molecule has 0 spiro atoms. The summed E-state index contributed by atoms with van der Waals surface area (Å²) in [6, 6.07) is 8.24. The van der Waals surface area contributed by atoms with Gasteiger partial charge in [-0.15, -0.1) is 0 Å². The molecule has 1 aromatic carbocycles. The molecule has 1 aliphatic rings. The normalized spacial score (nSPS) is 19.9. The summed E-state index contributed by atoms with van der Waals surface area (Å²) in [7, 11) is 0. The van der Waals surface area contributed by atoms with Gasteiger partial charge < -0.3 is 15.8 Å². The average Bonchev–Trinajstić information content (AvgIpc) is 2.40. The minimum atomic E-state index is -0.299. The number of nitrogens with two attached hydrogens (primary N) is 1. The summed E-state index contributed by atoms with van der Waals surface area (Å²) in [5, 5.41) is 3.36. The van der Waals surface area contributed by atoms with Crippen LogP contribution < -0.4 is 15.8 Å². The SMILES string of the molecule is CCOc1cccc(CC(C)(N)N2CCNCC2)c1. The molecule has 1 saturated heterocycles. The Hall–Kier alpha value is -1.10. The topological polar surface area (TPSA) is 50.5 Å². The maximum atomic E-state index is 6.50. The van der Waals surface area contributed by atoms with Gasteiger partial charge in [0.25, 0.3) is 0 Å². The van der Waals surface area contributed by atoms with E-state index in [1.54, 1.807) is 0 Å². The summed E-state index contributed by atoms with van der Waals surface area (Å²) in [5.41, 5.74) is 7.44. The van der Waals surface area contributed by atoms with Crippen molar-refractivity contribution in [3.63, 3.8) is 0 Å². The molecule has 1 heterocycles. The lowest BCUT2D eigenvalue weighted by Crippen LogP contribution is -2.60. The number of nitrogens with zero attached hydrogens (tertiary/aromatic N) is 1. The van der Waals surface area contributed by atoms with E-state index in [-0.39, 0.29) is 5.66 Å². The van der Waals surface area contributed by atoms with Gasteiger partial charge in [0, 0.05) is 32.6 Å². The minimum absolute atomic E-state index is 0.299. The number of piperazine rings is 1. The van der Waals surface area contributed by atoms with Crippen LogP contribution in [0, 0.1) is 0 Å². The third-order valence-electron chi connectivity index (χ3n) is 3.61. The summed E-state index contributed by atoms with van der Waals surface area (Å²) in [5.74, 6) is 0.927. The number of benzene rings is 1. The van der Waals surface area contributed by atoms with Gasteiger partial charge >= 0.3 is 0 Å². The Bertz CT molecular complexity index is 400. The molecule has 0 bridgehead atoms. The van der Waals surface area contributed by atoms with E-state index in [1.165, 1.54) is 5.56 Å². The van der Waals surface area contributed by atoms with Crippen molar-refractivity contribution >= 4 is 0 Å². The summed E-state index contributed by atoms with van der Waals surface area (Å²) in [6.45, 7) is 8.88. The van der Waals surface area contributed by atoms with E-state index in [9.17, 15) is 0 Å². The zero-order valence-electron chi connectivity index (χ0n) is 12.0. The second-order valence-electron chi connectivity index (χ2n) is 5.35. The van der Waals surface area contributed by atoms with Crippen LogP contribution in [-0.2, 0) is 6.42 Å². The Morgan fingerprint density at radius 2 is 2.11 bits per heavy atom. The summed E-state index contributed by atoms with van der Waals surface area (Å²) in [6.07, 6.45) is 0.841. The van der Waals surface area contributed by atoms with Crippen molar-refractivity contribution in [2.75, 3.05) is 32.8 Å². The second-order valence-corrected chi connectivity index (χ2v) is 5.35. The van der Waals surface area contributed by atoms with Gasteiger partial charge in [0.1, 0.15) is 5.75 Å². The first-order chi connectivity index (χ1) is 9.12. The van der Waals surface area contributed by atoms with Crippen molar-refractivity contribution in [2.45, 2.75) is 25.9 Å². The van der Waals surface area contributed by atoms with Crippen molar-refractivity contribution in [1.82, 2.24) is 10.2 Å². The highest BCUT2D eigenvalue weighted by atomic mass is 16.5. The molecule has 1 aliphatic heterocycles. The Kier molecular flexibility index (Phi) is 4.80. The van der Waals surface area contributed by atoms with Gasteiger partial charge in [-0.3, -0.25) is 4.90 Å². The van der Waals surface area contributed by atoms with Gasteiger partial charge in [-0.05, 0) is 31.5 Å². The number of hydrogen-bond acceptors (Lipinski definition) is 4. The predicted octanol–water partition coefficient (Wildman–Crippen LogP) is 1.21. The molecular formula is C15H25N3O. The van der Waals surface area contributed by atoms with E-state index < -0.39 is 0 Å². The van der Waals surface area contributed by atoms with E-state index in [4.69, 9.17) is 10.5 Å². The van der Waals surface area contributed by atoms with Gasteiger partial charge in [0.05, 0.1) is 12.3 Å². The first-order valence-electron chi connectivity index (χ1n) is 7.08. The highest BCUT2D eigenvalue weighted by molar-refractivity contribution is 5.29. The van der Waals surface area contributed by atoms with E-state index in [0.717, 1.165) is 38.3 Å². The molecule has 0 saturated carbocycles. The maximum Gasteiger partial charge on any atom is 0.119 e. The lowest BCUT2D eigenvalue weighted by atomic mass is 9.99. The largest absolute Gasteiger partial charge is 0.494 e. The number of ether oxygens (including phenoxy) is 1. The molecule has 0 aliphatic carbocycles. The van der Waals surface area contributed by atoms with Crippen LogP contribution in [0.2, 0.25) is 0 Å². The molecule has 4 heteroatoms. The zero-order chi connectivity index (χ0) is 13.7. The first kappa shape index (κ1) is 14.3. The summed E-state index contributed by atoms with van der Waals surface area (Å²) < 4.78 is 5.54. The van der Waals surface area contributed by atoms with Crippen LogP contribution in [0.5, 0.6) is 5.75 Å². The quantitative estimate of drug-likeness (QED) is 0.838. The molecular weight excluding hydrogens is 238 g/mol. The highest BCUT2D eigenvalue weighted by Crippen LogP contribution is 2.20. The van der Waals surface area contributed by atoms with Crippen LogP contribution in [0.3, 0.4) is 0 Å². The fraction of sp³-hybridized carbons (Fsp3) is 0.600. The molecule has 2 rings (SSSR count). The van der Waals surface area contributed by atoms with E-state index in [1.807, 2.05) is 19.1 Å². The molecule has 19 heavy (non-hydrogen) atoms. The average molecular weight is 263 g/mol. The molecule has 1 aromatic rings. The van der Waals surface area contributed by atoms with Crippen molar-refractivity contribution in [3.05, 3.63) is 29.8 Å². The van der Waals surface area contributed by atoms with E-state index in [2.05, 4.69) is 29.3 Å². The third kappa shape index (κ3) is 3.93. The zero-order valence-corrected chi connectivity index (χ0v) is 12.0. The second kappa shape index (κ2) is 6.37. The van der Waals surface area contributed by atoms with Crippen LogP contribution in [0.15, 0.2) is 24.3 Å². The van der Waals surface area contributed by atoms with Gasteiger partial charge in [0.15, 0.2) is 0 Å². The van der Waals surface area contributed by atoms with Crippen molar-refractivity contribution in [2.24, 2.45) is 5.73 Å². The molecule has 1 atom stereocenters. The van der Waals surface area contributed by atoms with Crippen LogP contribution in [-0.4, -0.2) is 43.3 Å². The van der Waals surface area contributed by atoms with Crippen LogP contribution in [0.4, 0.5) is 0 Å². The van der Waals surface area contributed by atoms with Crippen LogP contribution in [0.1, 0.15) is 19.4 Å². The van der Waals surface area contributed by atoms with Gasteiger partial charge in [0.2, 0.25) is 0 Å². The molecule has 0 aromatic heterocycles. The molecule has 1 unspecified atom stereocenters. The summed E-state index contributed by atoms with van der Waals surface area (Å²) in [4.78, 5) is 2.36. The number of hydrogen-bond donors (Lipinski definition) is 2. The Labute approximate surface area is 115 Å². The Morgan fingerprint density at radius 3 is 2.79 bits per heavy atom. The van der Waals surface area contributed by atoms with Gasteiger partial charge in [-0.1, -0.05) is 12.1 Å². The van der Waals surface area contributed by atoms with Crippen molar-refractivity contribution < 1.29 is 4.74 Å². The minimum Gasteiger partial charge on any atom is -0.494 e. The predicted molar refractivity (Wildman–Crippen MR) is 78.4 cm³/mol. The number of nitrogens with one attached hydrogen (secondary N) is 1. The van der Waals surface area contributed by atoms with E-state index >= 15 is 0 Å². The molecule has 0 amide bonds. The Morgan fingerprint density at radius 1 is 1.37 bits per heavy atom. The molecule has 0 radical (unpaired) electrons. The molecule has 3 N–H and O–H groups in total. The fourth-order valence-electron chi connectivity index (χ4n) is 2.61. The van der Waals surface area contributed by atoms with Crippen LogP contribution >= 0.6 is 0 Å². The monoisotopic (exact) mass is 263 g/mol. The lowest BCUT2D eigenvalue weighted by molar-refractivity contribution is 0.0932. The molecule has 106 valence electrons. The maximum absolute atomic E-state index is 6.50. The smallest absolute Gasteiger partial charge is 0.119 e. The first-order valence-corrected chi connectivity index (χ1v) is 7.08. The van der Waals surface area contributed by atoms with Crippen molar-refractivity contribution in [1.29, 1.82) is 0 Å². The standard InChI is InChI=1S/C15H25N3O/c1-3-19-14-6-4-5-13(11-14)12-15(2,16)18-9-7-17-8-10-18/h4-6,11,17H,3,7-10,12,16H2,1-2H3. The van der Waals surface area contributed by atoms with E-state index in [0.29, 0.717) is 6.61 Å². The summed E-state index contributed by atoms with van der Waals surface area (Å²) >= 11 is 0. The van der Waals surface area contributed by atoms with Crippen LogP contribution in [0.25, 0.3) is 0 Å². The lowest BCUT2D eigenvalue weighted by Gasteiger charge is -2.41. The van der Waals surface area contributed by atoms with Gasteiger partial charge in [-0.25, -0.2) is 0 Å². The van der Waals surface area contributed by atoms with Crippen molar-refractivity contribution in [3.8, 4) is 5.75 Å².